The van der Waals surface area contributed by atoms with Gasteiger partial charge in [0.1, 0.15) is 0 Å². The number of amides is 1. The Morgan fingerprint density at radius 1 is 1.35 bits per heavy atom. The molecule has 0 aliphatic carbocycles. The van der Waals surface area contributed by atoms with Crippen LogP contribution in [-0.2, 0) is 6.54 Å². The minimum absolute atomic E-state index is 0.222. The van der Waals surface area contributed by atoms with Crippen LogP contribution in [0.4, 0.5) is 0 Å². The number of nitrogens with one attached hydrogen (secondary N) is 1. The van der Waals surface area contributed by atoms with Crippen LogP contribution < -0.4 is 5.32 Å². The standard InChI is InChI=1S/C12H12N6OS/c1-7-3-4-18-10(16-17-12(18)14-7)11(19)13-5-9-6-20-8(2)15-9/h3-4,6H,5H2,1-2H3,(H,13,19). The molecule has 0 bridgehead atoms. The third-order valence-corrected chi connectivity index (χ3v) is 3.54. The number of rotatable bonds is 3. The third-order valence-electron chi connectivity index (χ3n) is 2.72. The first kappa shape index (κ1) is 12.7. The summed E-state index contributed by atoms with van der Waals surface area (Å²) in [5.74, 6) is 0.341. The Kier molecular flexibility index (Phi) is 3.15. The molecule has 20 heavy (non-hydrogen) atoms. The topological polar surface area (TPSA) is 85.1 Å². The quantitative estimate of drug-likeness (QED) is 0.781. The summed E-state index contributed by atoms with van der Waals surface area (Å²) in [4.78, 5) is 20.6. The third kappa shape index (κ3) is 2.37. The second-order valence-electron chi connectivity index (χ2n) is 4.30. The van der Waals surface area contributed by atoms with Crippen molar-refractivity contribution in [3.8, 4) is 0 Å². The highest BCUT2D eigenvalue weighted by atomic mass is 32.1. The first-order valence-corrected chi connectivity index (χ1v) is 6.89. The highest BCUT2D eigenvalue weighted by molar-refractivity contribution is 7.09. The van der Waals surface area contributed by atoms with E-state index in [1.54, 1.807) is 28.0 Å². The van der Waals surface area contributed by atoms with Crippen molar-refractivity contribution in [2.75, 3.05) is 0 Å². The van der Waals surface area contributed by atoms with Gasteiger partial charge in [-0.3, -0.25) is 9.20 Å². The van der Waals surface area contributed by atoms with Crippen LogP contribution in [0.5, 0.6) is 0 Å². The number of carbonyl (C=O) groups is 1. The zero-order valence-electron chi connectivity index (χ0n) is 11.0. The van der Waals surface area contributed by atoms with Crippen molar-refractivity contribution in [3.05, 3.63) is 39.9 Å². The Hall–Kier alpha value is -2.35. The fourth-order valence-corrected chi connectivity index (χ4v) is 2.38. The first-order valence-electron chi connectivity index (χ1n) is 6.01. The largest absolute Gasteiger partial charge is 0.344 e. The van der Waals surface area contributed by atoms with E-state index in [2.05, 4.69) is 25.5 Å². The summed E-state index contributed by atoms with van der Waals surface area (Å²) in [6.07, 6.45) is 1.74. The van der Waals surface area contributed by atoms with E-state index in [-0.39, 0.29) is 11.7 Å². The van der Waals surface area contributed by atoms with Crippen molar-refractivity contribution in [3.63, 3.8) is 0 Å². The van der Waals surface area contributed by atoms with Gasteiger partial charge >= 0.3 is 0 Å². The molecule has 0 fully saturated rings. The predicted molar refractivity (Wildman–Crippen MR) is 73.5 cm³/mol. The number of carbonyl (C=O) groups excluding carboxylic acids is 1. The summed E-state index contributed by atoms with van der Waals surface area (Å²) in [5.41, 5.74) is 1.67. The Morgan fingerprint density at radius 2 is 2.20 bits per heavy atom. The van der Waals surface area contributed by atoms with Gasteiger partial charge in [0.15, 0.2) is 0 Å². The molecule has 0 saturated carbocycles. The summed E-state index contributed by atoms with van der Waals surface area (Å²) in [6, 6.07) is 1.80. The first-order chi connectivity index (χ1) is 9.63. The summed E-state index contributed by atoms with van der Waals surface area (Å²) in [6.45, 7) is 4.16. The Morgan fingerprint density at radius 3 is 2.95 bits per heavy atom. The predicted octanol–water partition coefficient (Wildman–Crippen LogP) is 1.13. The fourth-order valence-electron chi connectivity index (χ4n) is 1.77. The Labute approximate surface area is 118 Å². The molecular formula is C12H12N6OS. The maximum Gasteiger partial charge on any atom is 0.289 e. The van der Waals surface area contributed by atoms with Gasteiger partial charge in [-0.05, 0) is 19.9 Å². The number of thiazole rings is 1. The van der Waals surface area contributed by atoms with Crippen LogP contribution in [0.15, 0.2) is 17.6 Å². The van der Waals surface area contributed by atoms with Crippen molar-refractivity contribution in [1.29, 1.82) is 0 Å². The van der Waals surface area contributed by atoms with Crippen LogP contribution in [0.2, 0.25) is 0 Å². The summed E-state index contributed by atoms with van der Waals surface area (Å²) < 4.78 is 1.56. The minimum atomic E-state index is -0.297. The van der Waals surface area contributed by atoms with Crippen molar-refractivity contribution in [2.45, 2.75) is 20.4 Å². The lowest BCUT2D eigenvalue weighted by atomic mass is 10.4. The minimum Gasteiger partial charge on any atom is -0.344 e. The zero-order valence-corrected chi connectivity index (χ0v) is 11.8. The number of hydrogen-bond donors (Lipinski definition) is 1. The van der Waals surface area contributed by atoms with Crippen LogP contribution in [-0.4, -0.2) is 30.5 Å². The van der Waals surface area contributed by atoms with E-state index in [1.165, 1.54) is 0 Å². The van der Waals surface area contributed by atoms with Gasteiger partial charge in [-0.15, -0.1) is 21.5 Å². The van der Waals surface area contributed by atoms with E-state index >= 15 is 0 Å². The summed E-state index contributed by atoms with van der Waals surface area (Å²) in [7, 11) is 0. The van der Waals surface area contributed by atoms with Gasteiger partial charge in [0.2, 0.25) is 5.82 Å². The van der Waals surface area contributed by atoms with E-state index in [9.17, 15) is 4.79 Å². The number of aryl methyl sites for hydroxylation is 2. The summed E-state index contributed by atoms with van der Waals surface area (Å²) >= 11 is 1.55. The van der Waals surface area contributed by atoms with E-state index in [0.29, 0.717) is 12.3 Å². The second kappa shape index (κ2) is 4.97. The maximum atomic E-state index is 12.1. The van der Waals surface area contributed by atoms with E-state index in [0.717, 1.165) is 16.4 Å². The molecule has 0 spiro atoms. The highest BCUT2D eigenvalue weighted by Gasteiger charge is 2.14. The van der Waals surface area contributed by atoms with Gasteiger partial charge in [-0.1, -0.05) is 0 Å². The lowest BCUT2D eigenvalue weighted by molar-refractivity contribution is 0.0939. The molecule has 0 unspecified atom stereocenters. The van der Waals surface area contributed by atoms with Crippen molar-refractivity contribution in [1.82, 2.24) is 29.9 Å². The molecule has 102 valence electrons. The summed E-state index contributed by atoms with van der Waals surface area (Å²) in [5, 5.41) is 13.4. The molecule has 0 aromatic carbocycles. The fraction of sp³-hybridized carbons (Fsp3) is 0.250. The van der Waals surface area contributed by atoms with E-state index in [1.807, 2.05) is 19.2 Å². The average molecular weight is 288 g/mol. The van der Waals surface area contributed by atoms with Crippen molar-refractivity contribution < 1.29 is 4.79 Å². The normalized spacial score (nSPS) is 10.9. The lowest BCUT2D eigenvalue weighted by Crippen LogP contribution is -2.25. The molecular weight excluding hydrogens is 276 g/mol. The number of aromatic nitrogens is 5. The monoisotopic (exact) mass is 288 g/mol. The van der Waals surface area contributed by atoms with Gasteiger partial charge < -0.3 is 5.32 Å². The van der Waals surface area contributed by atoms with Crippen LogP contribution in [0.25, 0.3) is 5.78 Å². The molecule has 3 aromatic heterocycles. The Bertz CT molecular complexity index is 777. The van der Waals surface area contributed by atoms with Gasteiger partial charge in [0.05, 0.1) is 17.2 Å². The van der Waals surface area contributed by atoms with E-state index in [4.69, 9.17) is 0 Å². The van der Waals surface area contributed by atoms with Gasteiger partial charge in [0, 0.05) is 17.3 Å². The van der Waals surface area contributed by atoms with Crippen molar-refractivity contribution >= 4 is 23.0 Å². The van der Waals surface area contributed by atoms with Crippen LogP contribution >= 0.6 is 11.3 Å². The maximum absolute atomic E-state index is 12.1. The Balaban J connectivity index is 1.78. The molecule has 3 aromatic rings. The van der Waals surface area contributed by atoms with Gasteiger partial charge in [-0.2, -0.15) is 0 Å². The van der Waals surface area contributed by atoms with E-state index < -0.39 is 0 Å². The molecule has 3 heterocycles. The molecule has 8 heteroatoms. The molecule has 0 atom stereocenters. The average Bonchev–Trinajstić information content (AvgIpc) is 3.01. The lowest BCUT2D eigenvalue weighted by Gasteiger charge is -2.01. The van der Waals surface area contributed by atoms with Gasteiger partial charge in [-0.25, -0.2) is 9.97 Å². The molecule has 0 aliphatic rings. The number of nitrogens with zero attached hydrogens (tertiary/aromatic N) is 5. The number of hydrogen-bond acceptors (Lipinski definition) is 6. The SMILES string of the molecule is Cc1ccn2c(C(=O)NCc3csc(C)n3)nnc2n1. The van der Waals surface area contributed by atoms with Crippen LogP contribution in [0.3, 0.4) is 0 Å². The second-order valence-corrected chi connectivity index (χ2v) is 5.37. The molecule has 0 saturated heterocycles. The molecule has 3 rings (SSSR count). The van der Waals surface area contributed by atoms with Crippen molar-refractivity contribution in [2.24, 2.45) is 0 Å². The van der Waals surface area contributed by atoms with Crippen LogP contribution in [0, 0.1) is 13.8 Å². The zero-order chi connectivity index (χ0) is 14.1. The smallest absolute Gasteiger partial charge is 0.289 e. The molecule has 0 radical (unpaired) electrons. The molecule has 1 amide bonds. The number of fused-ring (bicyclic) bond motifs is 1. The molecule has 0 aliphatic heterocycles. The molecule has 1 N–H and O–H groups in total. The molecule has 7 nitrogen and oxygen atoms in total. The van der Waals surface area contributed by atoms with Crippen LogP contribution in [0.1, 0.15) is 27.0 Å². The van der Waals surface area contributed by atoms with Gasteiger partial charge in [0.25, 0.3) is 11.7 Å². The highest BCUT2D eigenvalue weighted by Crippen LogP contribution is 2.08.